The van der Waals surface area contributed by atoms with E-state index in [2.05, 4.69) is 15.2 Å². The van der Waals surface area contributed by atoms with Crippen molar-refractivity contribution in [2.24, 2.45) is 5.73 Å². The number of benzene rings is 1. The molecule has 0 atom stereocenters. The highest BCUT2D eigenvalue weighted by Crippen LogP contribution is 2.33. The number of H-pyrrole nitrogens is 1. The number of aromatic nitrogens is 3. The summed E-state index contributed by atoms with van der Waals surface area (Å²) in [6.07, 6.45) is 1.56. The van der Waals surface area contributed by atoms with E-state index in [4.69, 9.17) is 17.3 Å². The molecule has 0 aliphatic rings. The summed E-state index contributed by atoms with van der Waals surface area (Å²) in [4.78, 5) is 15.3. The molecule has 0 radical (unpaired) electrons. The lowest BCUT2D eigenvalue weighted by Gasteiger charge is -2.06. The Morgan fingerprint density at radius 1 is 1.18 bits per heavy atom. The number of amides is 1. The van der Waals surface area contributed by atoms with E-state index >= 15 is 0 Å². The fourth-order valence-corrected chi connectivity index (χ4v) is 2.46. The number of aryl methyl sites for hydroxylation is 1. The summed E-state index contributed by atoms with van der Waals surface area (Å²) in [7, 11) is 0. The standard InChI is InChI=1S/C16H13ClN4O/c1-9-14(11-6-7-19-13(8-11)16(18)22)15(21-20-9)10-2-4-12(17)5-3-10/h2-8H,1H3,(H2,18,22)(H,20,21). The Morgan fingerprint density at radius 2 is 1.91 bits per heavy atom. The van der Waals surface area contributed by atoms with E-state index in [-0.39, 0.29) is 5.69 Å². The smallest absolute Gasteiger partial charge is 0.267 e. The van der Waals surface area contributed by atoms with Crippen molar-refractivity contribution in [2.75, 3.05) is 0 Å². The molecule has 22 heavy (non-hydrogen) atoms. The molecule has 110 valence electrons. The van der Waals surface area contributed by atoms with Crippen molar-refractivity contribution >= 4 is 17.5 Å². The van der Waals surface area contributed by atoms with E-state index in [0.717, 1.165) is 28.1 Å². The van der Waals surface area contributed by atoms with Gasteiger partial charge in [-0.2, -0.15) is 5.10 Å². The molecule has 0 bridgehead atoms. The van der Waals surface area contributed by atoms with E-state index in [1.807, 2.05) is 37.3 Å². The average Bonchev–Trinajstić information content (AvgIpc) is 2.90. The molecule has 2 aromatic heterocycles. The van der Waals surface area contributed by atoms with Crippen LogP contribution in [0.5, 0.6) is 0 Å². The summed E-state index contributed by atoms with van der Waals surface area (Å²) < 4.78 is 0. The molecule has 5 nitrogen and oxygen atoms in total. The van der Waals surface area contributed by atoms with Gasteiger partial charge in [0.25, 0.3) is 5.91 Å². The van der Waals surface area contributed by atoms with Gasteiger partial charge in [-0.25, -0.2) is 0 Å². The Bertz CT molecular complexity index is 840. The fraction of sp³-hybridized carbons (Fsp3) is 0.0625. The number of hydrogen-bond acceptors (Lipinski definition) is 3. The van der Waals surface area contributed by atoms with Gasteiger partial charge in [-0.05, 0) is 36.8 Å². The highest BCUT2D eigenvalue weighted by atomic mass is 35.5. The van der Waals surface area contributed by atoms with Gasteiger partial charge in [0, 0.05) is 22.3 Å². The lowest BCUT2D eigenvalue weighted by atomic mass is 9.99. The predicted octanol–water partition coefficient (Wildman–Crippen LogP) is 3.20. The second-order valence-corrected chi connectivity index (χ2v) is 5.30. The normalized spacial score (nSPS) is 10.6. The molecule has 1 amide bonds. The maximum atomic E-state index is 11.3. The molecule has 3 rings (SSSR count). The maximum absolute atomic E-state index is 11.3. The molecule has 0 unspecified atom stereocenters. The zero-order chi connectivity index (χ0) is 15.7. The number of nitrogens with zero attached hydrogens (tertiary/aromatic N) is 2. The van der Waals surface area contributed by atoms with Crippen LogP contribution in [0, 0.1) is 6.92 Å². The number of halogens is 1. The van der Waals surface area contributed by atoms with Crippen molar-refractivity contribution in [2.45, 2.75) is 6.92 Å². The Hall–Kier alpha value is -2.66. The zero-order valence-electron chi connectivity index (χ0n) is 11.8. The van der Waals surface area contributed by atoms with Crippen molar-refractivity contribution in [1.82, 2.24) is 15.2 Å². The largest absolute Gasteiger partial charge is 0.364 e. The van der Waals surface area contributed by atoms with Crippen LogP contribution < -0.4 is 5.73 Å². The molecule has 3 N–H and O–H groups in total. The molecule has 0 saturated heterocycles. The SMILES string of the molecule is Cc1n[nH]c(-c2ccc(Cl)cc2)c1-c1ccnc(C(N)=O)c1. The first-order chi connectivity index (χ1) is 10.6. The second-order valence-electron chi connectivity index (χ2n) is 4.86. The maximum Gasteiger partial charge on any atom is 0.267 e. The first-order valence-electron chi connectivity index (χ1n) is 6.63. The van der Waals surface area contributed by atoms with Gasteiger partial charge in [-0.15, -0.1) is 0 Å². The number of carbonyl (C=O) groups is 1. The van der Waals surface area contributed by atoms with Crippen LogP contribution in [0.4, 0.5) is 0 Å². The van der Waals surface area contributed by atoms with E-state index in [1.54, 1.807) is 12.3 Å². The van der Waals surface area contributed by atoms with Gasteiger partial charge in [0.1, 0.15) is 5.69 Å². The van der Waals surface area contributed by atoms with Crippen LogP contribution in [0.25, 0.3) is 22.4 Å². The number of pyridine rings is 1. The minimum absolute atomic E-state index is 0.222. The Balaban J connectivity index is 2.15. The Labute approximate surface area is 132 Å². The summed E-state index contributed by atoms with van der Waals surface area (Å²) >= 11 is 5.93. The topological polar surface area (TPSA) is 84.7 Å². The quantitative estimate of drug-likeness (QED) is 0.778. The number of carbonyl (C=O) groups excluding carboxylic acids is 1. The first-order valence-corrected chi connectivity index (χ1v) is 7.01. The van der Waals surface area contributed by atoms with Crippen molar-refractivity contribution in [1.29, 1.82) is 0 Å². The fourth-order valence-electron chi connectivity index (χ4n) is 2.33. The monoisotopic (exact) mass is 312 g/mol. The lowest BCUT2D eigenvalue weighted by molar-refractivity contribution is 0.0995. The van der Waals surface area contributed by atoms with Gasteiger partial charge >= 0.3 is 0 Å². The third kappa shape index (κ3) is 2.58. The number of rotatable bonds is 3. The number of aromatic amines is 1. The van der Waals surface area contributed by atoms with E-state index in [1.165, 1.54) is 0 Å². The van der Waals surface area contributed by atoms with Crippen LogP contribution in [0.3, 0.4) is 0 Å². The molecule has 0 spiro atoms. The minimum atomic E-state index is -0.559. The molecular formula is C16H13ClN4O. The van der Waals surface area contributed by atoms with Gasteiger partial charge in [-0.3, -0.25) is 14.9 Å². The molecule has 0 aliphatic carbocycles. The average molecular weight is 313 g/mol. The van der Waals surface area contributed by atoms with E-state index < -0.39 is 5.91 Å². The molecule has 0 saturated carbocycles. The first kappa shape index (κ1) is 14.3. The van der Waals surface area contributed by atoms with Crippen molar-refractivity contribution < 1.29 is 4.79 Å². The minimum Gasteiger partial charge on any atom is -0.364 e. The number of nitrogens with one attached hydrogen (secondary N) is 1. The summed E-state index contributed by atoms with van der Waals surface area (Å²) in [6, 6.07) is 10.9. The lowest BCUT2D eigenvalue weighted by Crippen LogP contribution is -2.12. The molecule has 1 aromatic carbocycles. The summed E-state index contributed by atoms with van der Waals surface area (Å²) in [5.41, 5.74) is 9.90. The number of hydrogen-bond donors (Lipinski definition) is 2. The van der Waals surface area contributed by atoms with Gasteiger partial charge in [0.15, 0.2) is 0 Å². The Kier molecular flexibility index (Phi) is 3.65. The highest BCUT2D eigenvalue weighted by Gasteiger charge is 2.15. The molecule has 2 heterocycles. The van der Waals surface area contributed by atoms with Crippen LogP contribution in [0.2, 0.25) is 5.02 Å². The third-order valence-corrected chi connectivity index (χ3v) is 3.63. The third-order valence-electron chi connectivity index (χ3n) is 3.38. The number of primary amides is 1. The number of nitrogens with two attached hydrogens (primary N) is 1. The highest BCUT2D eigenvalue weighted by molar-refractivity contribution is 6.30. The van der Waals surface area contributed by atoms with Crippen LogP contribution in [0.15, 0.2) is 42.6 Å². The second kappa shape index (κ2) is 5.61. The van der Waals surface area contributed by atoms with Gasteiger partial charge in [-0.1, -0.05) is 23.7 Å². The van der Waals surface area contributed by atoms with Crippen LogP contribution in [-0.4, -0.2) is 21.1 Å². The van der Waals surface area contributed by atoms with Crippen molar-refractivity contribution in [3.8, 4) is 22.4 Å². The van der Waals surface area contributed by atoms with Crippen molar-refractivity contribution in [3.05, 3.63) is 59.0 Å². The molecule has 6 heteroatoms. The zero-order valence-corrected chi connectivity index (χ0v) is 12.6. The van der Waals surface area contributed by atoms with Crippen molar-refractivity contribution in [3.63, 3.8) is 0 Å². The predicted molar refractivity (Wildman–Crippen MR) is 85.5 cm³/mol. The van der Waals surface area contributed by atoms with Crippen LogP contribution in [-0.2, 0) is 0 Å². The Morgan fingerprint density at radius 3 is 2.59 bits per heavy atom. The van der Waals surface area contributed by atoms with Crippen LogP contribution >= 0.6 is 11.6 Å². The molecular weight excluding hydrogens is 300 g/mol. The molecule has 0 aliphatic heterocycles. The van der Waals surface area contributed by atoms with Gasteiger partial charge in [0.05, 0.1) is 11.4 Å². The summed E-state index contributed by atoms with van der Waals surface area (Å²) in [5, 5.41) is 7.97. The van der Waals surface area contributed by atoms with Gasteiger partial charge in [0.2, 0.25) is 0 Å². The van der Waals surface area contributed by atoms with Gasteiger partial charge < -0.3 is 5.73 Å². The summed E-state index contributed by atoms with van der Waals surface area (Å²) in [6.45, 7) is 1.90. The molecule has 0 fully saturated rings. The van der Waals surface area contributed by atoms with E-state index in [9.17, 15) is 4.79 Å². The summed E-state index contributed by atoms with van der Waals surface area (Å²) in [5.74, 6) is -0.559. The molecule has 3 aromatic rings. The van der Waals surface area contributed by atoms with E-state index in [0.29, 0.717) is 5.02 Å². The van der Waals surface area contributed by atoms with Crippen LogP contribution in [0.1, 0.15) is 16.2 Å².